The van der Waals surface area contributed by atoms with Crippen LogP contribution in [-0.4, -0.2) is 25.0 Å². The van der Waals surface area contributed by atoms with Crippen LogP contribution in [0.15, 0.2) is 97.1 Å². The van der Waals surface area contributed by atoms with Gasteiger partial charge >= 0.3 is 6.03 Å². The van der Waals surface area contributed by atoms with Gasteiger partial charge in [0.1, 0.15) is 5.82 Å². The number of benzene rings is 4. The van der Waals surface area contributed by atoms with Gasteiger partial charge in [-0.1, -0.05) is 66.7 Å². The molecule has 0 fully saturated rings. The Bertz CT molecular complexity index is 1440. The van der Waals surface area contributed by atoms with Crippen molar-refractivity contribution < 1.29 is 14.0 Å². The first-order chi connectivity index (χ1) is 18.6. The molecule has 5 rings (SSSR count). The molecule has 0 aromatic heterocycles. The summed E-state index contributed by atoms with van der Waals surface area (Å²) in [6, 6.07) is 29.0. The molecular weight excluding hydrogens is 479 g/mol. The lowest BCUT2D eigenvalue weighted by atomic mass is 9.98. The molecule has 1 heterocycles. The Balaban J connectivity index is 1.35. The standard InChI is InChI=1S/C31H29FN4O2/c32-27-12-6-7-13-28(27)35-31(38)34-25-14-15-29(36-19-17-23-10-4-5-11-24(23)21-36)26(20-25)30(37)33-18-16-22-8-2-1-3-9-22/h1-15,20H,16-19,21H2,(H,33,37)(H2,34,35,38). The summed E-state index contributed by atoms with van der Waals surface area (Å²) in [5, 5.41) is 8.27. The molecular formula is C31H29FN4O2. The Labute approximate surface area is 221 Å². The fraction of sp³-hybridized carbons (Fsp3) is 0.161. The van der Waals surface area contributed by atoms with Crippen molar-refractivity contribution in [1.82, 2.24) is 5.32 Å². The van der Waals surface area contributed by atoms with Gasteiger partial charge in [-0.05, 0) is 59.9 Å². The van der Waals surface area contributed by atoms with Crippen molar-refractivity contribution in [2.75, 3.05) is 28.6 Å². The summed E-state index contributed by atoms with van der Waals surface area (Å²) in [5.41, 5.74) is 5.49. The molecule has 0 bridgehead atoms. The molecule has 0 unspecified atom stereocenters. The summed E-state index contributed by atoms with van der Waals surface area (Å²) in [7, 11) is 0. The molecule has 0 atom stereocenters. The van der Waals surface area contributed by atoms with Gasteiger partial charge in [0.15, 0.2) is 0 Å². The lowest BCUT2D eigenvalue weighted by Crippen LogP contribution is -2.33. The summed E-state index contributed by atoms with van der Waals surface area (Å²) >= 11 is 0. The minimum absolute atomic E-state index is 0.0764. The Hall–Kier alpha value is -4.65. The number of carbonyl (C=O) groups is 2. The molecule has 192 valence electrons. The smallest absolute Gasteiger partial charge is 0.323 e. The summed E-state index contributed by atoms with van der Waals surface area (Å²) in [5.74, 6) is -0.741. The van der Waals surface area contributed by atoms with E-state index >= 15 is 0 Å². The van der Waals surface area contributed by atoms with Crippen molar-refractivity contribution in [3.05, 3.63) is 125 Å². The number of halogens is 1. The Morgan fingerprint density at radius 1 is 0.816 bits per heavy atom. The number of hydrogen-bond acceptors (Lipinski definition) is 3. The summed E-state index contributed by atoms with van der Waals surface area (Å²) in [6.07, 6.45) is 1.60. The van der Waals surface area contributed by atoms with Crippen LogP contribution in [0.5, 0.6) is 0 Å². The van der Waals surface area contributed by atoms with Gasteiger partial charge in [-0.15, -0.1) is 0 Å². The number of hydrogen-bond donors (Lipinski definition) is 3. The quantitative estimate of drug-likeness (QED) is 0.287. The van der Waals surface area contributed by atoms with Crippen molar-refractivity contribution >= 4 is 29.0 Å². The fourth-order valence-corrected chi connectivity index (χ4v) is 4.68. The molecule has 0 aliphatic carbocycles. The molecule has 7 heteroatoms. The van der Waals surface area contributed by atoms with Crippen LogP contribution in [-0.2, 0) is 19.4 Å². The van der Waals surface area contributed by atoms with E-state index in [1.54, 1.807) is 24.3 Å². The van der Waals surface area contributed by atoms with E-state index in [1.165, 1.54) is 23.3 Å². The van der Waals surface area contributed by atoms with Crippen molar-refractivity contribution in [2.24, 2.45) is 0 Å². The highest BCUT2D eigenvalue weighted by Crippen LogP contribution is 2.30. The van der Waals surface area contributed by atoms with Crippen molar-refractivity contribution in [3.8, 4) is 0 Å². The molecule has 1 aliphatic rings. The average molecular weight is 509 g/mol. The topological polar surface area (TPSA) is 73.5 Å². The van der Waals surface area contributed by atoms with Gasteiger partial charge in [-0.2, -0.15) is 0 Å². The van der Waals surface area contributed by atoms with E-state index in [1.807, 2.05) is 48.5 Å². The highest BCUT2D eigenvalue weighted by Gasteiger charge is 2.22. The Morgan fingerprint density at radius 2 is 1.55 bits per heavy atom. The molecule has 0 saturated heterocycles. The number of para-hydroxylation sites is 1. The van der Waals surface area contributed by atoms with Gasteiger partial charge in [0.05, 0.1) is 11.3 Å². The lowest BCUT2D eigenvalue weighted by molar-refractivity contribution is 0.0954. The molecule has 3 N–H and O–H groups in total. The lowest BCUT2D eigenvalue weighted by Gasteiger charge is -2.32. The molecule has 0 saturated carbocycles. The van der Waals surface area contributed by atoms with Crippen LogP contribution in [0.3, 0.4) is 0 Å². The van der Waals surface area contributed by atoms with Crippen LogP contribution in [0.2, 0.25) is 0 Å². The average Bonchev–Trinajstić information content (AvgIpc) is 2.94. The fourth-order valence-electron chi connectivity index (χ4n) is 4.68. The largest absolute Gasteiger partial charge is 0.366 e. The highest BCUT2D eigenvalue weighted by atomic mass is 19.1. The first kappa shape index (κ1) is 25.0. The number of rotatable bonds is 7. The second-order valence-corrected chi connectivity index (χ2v) is 9.22. The van der Waals surface area contributed by atoms with Crippen LogP contribution >= 0.6 is 0 Å². The van der Waals surface area contributed by atoms with Crippen LogP contribution in [0.4, 0.5) is 26.2 Å². The molecule has 38 heavy (non-hydrogen) atoms. The molecule has 4 aromatic rings. The SMILES string of the molecule is O=C(Nc1ccc(N2CCc3ccccc3C2)c(C(=O)NCCc2ccccc2)c1)Nc1ccccc1F. The summed E-state index contributed by atoms with van der Waals surface area (Å²) in [4.78, 5) is 28.2. The normalized spacial score (nSPS) is 12.4. The van der Waals surface area contributed by atoms with Crippen molar-refractivity contribution in [1.29, 1.82) is 0 Å². The minimum atomic E-state index is -0.592. The zero-order chi connectivity index (χ0) is 26.3. The van der Waals surface area contributed by atoms with Gasteiger partial charge in [0.25, 0.3) is 5.91 Å². The van der Waals surface area contributed by atoms with Crippen LogP contribution in [0.1, 0.15) is 27.0 Å². The van der Waals surface area contributed by atoms with E-state index in [-0.39, 0.29) is 11.6 Å². The third-order valence-corrected chi connectivity index (χ3v) is 6.63. The molecule has 0 radical (unpaired) electrons. The number of amides is 3. The first-order valence-electron chi connectivity index (χ1n) is 12.7. The number of nitrogens with zero attached hydrogens (tertiary/aromatic N) is 1. The zero-order valence-electron chi connectivity index (χ0n) is 20.9. The second-order valence-electron chi connectivity index (χ2n) is 9.22. The van der Waals surface area contributed by atoms with Gasteiger partial charge in [0.2, 0.25) is 0 Å². The maximum absolute atomic E-state index is 14.0. The molecule has 1 aliphatic heterocycles. The third-order valence-electron chi connectivity index (χ3n) is 6.63. The van der Waals surface area contributed by atoms with Crippen molar-refractivity contribution in [2.45, 2.75) is 19.4 Å². The second kappa shape index (κ2) is 11.6. The maximum Gasteiger partial charge on any atom is 0.323 e. The van der Waals surface area contributed by atoms with E-state index in [9.17, 15) is 14.0 Å². The van der Waals surface area contributed by atoms with Crippen LogP contribution < -0.4 is 20.9 Å². The predicted molar refractivity (Wildman–Crippen MR) is 149 cm³/mol. The van der Waals surface area contributed by atoms with Gasteiger partial charge in [0, 0.05) is 31.0 Å². The van der Waals surface area contributed by atoms with Gasteiger partial charge in [-0.3, -0.25) is 4.79 Å². The molecule has 0 spiro atoms. The van der Waals surface area contributed by atoms with E-state index in [2.05, 4.69) is 33.0 Å². The Kier molecular flexibility index (Phi) is 7.64. The maximum atomic E-state index is 14.0. The number of urea groups is 1. The number of anilines is 3. The van der Waals surface area contributed by atoms with Gasteiger partial charge in [-0.25, -0.2) is 9.18 Å². The zero-order valence-corrected chi connectivity index (χ0v) is 20.9. The van der Waals surface area contributed by atoms with E-state index in [4.69, 9.17) is 0 Å². The monoisotopic (exact) mass is 508 g/mol. The molecule has 6 nitrogen and oxygen atoms in total. The number of carbonyl (C=O) groups excluding carboxylic acids is 2. The Morgan fingerprint density at radius 3 is 2.37 bits per heavy atom. The molecule has 4 aromatic carbocycles. The number of nitrogens with one attached hydrogen (secondary N) is 3. The summed E-state index contributed by atoms with van der Waals surface area (Å²) < 4.78 is 14.0. The van der Waals surface area contributed by atoms with Gasteiger partial charge < -0.3 is 20.9 Å². The first-order valence-corrected chi connectivity index (χ1v) is 12.7. The number of fused-ring (bicyclic) bond motifs is 1. The predicted octanol–water partition coefficient (Wildman–Crippen LogP) is 6.00. The van der Waals surface area contributed by atoms with Crippen molar-refractivity contribution in [3.63, 3.8) is 0 Å². The van der Waals surface area contributed by atoms with Crippen LogP contribution in [0.25, 0.3) is 0 Å². The van der Waals surface area contributed by atoms with E-state index < -0.39 is 11.8 Å². The highest BCUT2D eigenvalue weighted by molar-refractivity contribution is 6.04. The molecule has 3 amide bonds. The van der Waals surface area contributed by atoms with E-state index in [0.717, 1.165) is 24.2 Å². The third kappa shape index (κ3) is 6.00. The summed E-state index contributed by atoms with van der Waals surface area (Å²) in [6.45, 7) is 1.96. The van der Waals surface area contributed by atoms with Crippen LogP contribution in [0, 0.1) is 5.82 Å². The van der Waals surface area contributed by atoms with E-state index in [0.29, 0.717) is 30.8 Å². The minimum Gasteiger partial charge on any atom is -0.366 e.